The third-order valence-corrected chi connectivity index (χ3v) is 6.02. The van der Waals surface area contributed by atoms with E-state index in [0.717, 1.165) is 27.6 Å². The van der Waals surface area contributed by atoms with Gasteiger partial charge in [0.1, 0.15) is 23.1 Å². The van der Waals surface area contributed by atoms with Crippen LogP contribution in [0.25, 0.3) is 67.6 Å². The molecule has 0 amide bonds. The van der Waals surface area contributed by atoms with Crippen molar-refractivity contribution in [2.45, 2.75) is 0 Å². The number of nitrogens with zero attached hydrogens (tertiary/aromatic N) is 7. The fourth-order valence-electron chi connectivity index (χ4n) is 4.24. The summed E-state index contributed by atoms with van der Waals surface area (Å²) >= 11 is 0. The van der Waals surface area contributed by atoms with E-state index in [0.29, 0.717) is 40.0 Å². The molecule has 0 spiro atoms. The highest BCUT2D eigenvalue weighted by molar-refractivity contribution is 6.07. The first-order chi connectivity index (χ1) is 18.3. The van der Waals surface area contributed by atoms with Crippen LogP contribution in [0.1, 0.15) is 0 Å². The fourth-order valence-corrected chi connectivity index (χ4v) is 4.24. The Balaban J connectivity index is 1.33. The summed E-state index contributed by atoms with van der Waals surface area (Å²) in [5.74, 6) is 1.59. The molecule has 0 saturated heterocycles. The summed E-state index contributed by atoms with van der Waals surface area (Å²) in [4.78, 5) is 32.0. The number of hydrogen-bond donors (Lipinski definition) is 0. The van der Waals surface area contributed by atoms with Crippen LogP contribution in [0, 0.1) is 0 Å². The maximum atomic E-state index is 6.06. The molecule has 0 saturated carbocycles. The van der Waals surface area contributed by atoms with Crippen molar-refractivity contribution >= 4 is 22.1 Å². The van der Waals surface area contributed by atoms with Gasteiger partial charge < -0.3 is 4.42 Å². The molecule has 0 N–H and O–H groups in total. The number of hydrogen-bond acceptors (Lipinski definition) is 8. The minimum atomic E-state index is 0.448. The molecule has 0 aliphatic heterocycles. The van der Waals surface area contributed by atoms with E-state index < -0.39 is 0 Å². The maximum absolute atomic E-state index is 6.06. The average molecular weight is 480 g/mol. The Bertz CT molecular complexity index is 1810. The number of aromatic nitrogens is 7. The molecule has 0 atom stereocenters. The highest BCUT2D eigenvalue weighted by Gasteiger charge is 2.16. The molecule has 37 heavy (non-hydrogen) atoms. The normalized spacial score (nSPS) is 11.2. The van der Waals surface area contributed by atoms with Crippen LogP contribution in [0.15, 0.2) is 108 Å². The Kier molecular flexibility index (Phi) is 4.92. The monoisotopic (exact) mass is 479 g/mol. The smallest absolute Gasteiger partial charge is 0.184 e. The molecule has 8 heteroatoms. The van der Waals surface area contributed by atoms with Gasteiger partial charge in [0.25, 0.3) is 0 Å². The van der Waals surface area contributed by atoms with Crippen LogP contribution in [0.4, 0.5) is 0 Å². The van der Waals surface area contributed by atoms with Gasteiger partial charge >= 0.3 is 0 Å². The predicted octanol–water partition coefficient (Wildman–Crippen LogP) is 6.02. The lowest BCUT2D eigenvalue weighted by Gasteiger charge is -2.08. The Morgan fingerprint density at radius 2 is 1.19 bits per heavy atom. The first-order valence-corrected chi connectivity index (χ1v) is 11.6. The Morgan fingerprint density at radius 3 is 1.86 bits per heavy atom. The van der Waals surface area contributed by atoms with Gasteiger partial charge in [0.15, 0.2) is 23.1 Å². The highest BCUT2D eigenvalue weighted by Crippen LogP contribution is 2.33. The van der Waals surface area contributed by atoms with Crippen LogP contribution in [0.3, 0.4) is 0 Å². The van der Waals surface area contributed by atoms with E-state index in [1.807, 2.05) is 78.9 Å². The largest absolute Gasteiger partial charge is 0.452 e. The second-order valence-corrected chi connectivity index (χ2v) is 8.35. The SMILES string of the molecule is c1ccc(-c2nc(-c3ccccc3)nc(-c3cnc(-c4cccc5c4oc4cncnc45)cn3)n2)cc1. The molecule has 0 unspecified atom stereocenters. The lowest BCUT2D eigenvalue weighted by atomic mass is 10.1. The molecular weight excluding hydrogens is 462 g/mol. The van der Waals surface area contributed by atoms with Gasteiger partial charge in [-0.3, -0.25) is 4.98 Å². The molecule has 3 aromatic carbocycles. The van der Waals surface area contributed by atoms with Crippen LogP contribution < -0.4 is 0 Å². The van der Waals surface area contributed by atoms with E-state index in [2.05, 4.69) is 15.0 Å². The van der Waals surface area contributed by atoms with Crippen LogP contribution in [0.2, 0.25) is 0 Å². The molecule has 7 rings (SSSR count). The quantitative estimate of drug-likeness (QED) is 0.302. The number of furan rings is 1. The summed E-state index contributed by atoms with van der Waals surface area (Å²) in [6.07, 6.45) is 6.56. The van der Waals surface area contributed by atoms with Gasteiger partial charge in [-0.2, -0.15) is 0 Å². The van der Waals surface area contributed by atoms with Gasteiger partial charge in [0.05, 0.1) is 24.3 Å². The minimum absolute atomic E-state index is 0.448. The number of benzene rings is 3. The summed E-state index contributed by atoms with van der Waals surface area (Å²) in [6.45, 7) is 0. The molecule has 0 radical (unpaired) electrons. The topological polar surface area (TPSA) is 103 Å². The van der Waals surface area contributed by atoms with Crippen molar-refractivity contribution in [2.24, 2.45) is 0 Å². The molecule has 0 bridgehead atoms. The van der Waals surface area contributed by atoms with E-state index in [1.54, 1.807) is 18.6 Å². The average Bonchev–Trinajstić information content (AvgIpc) is 3.37. The Labute approximate surface area is 210 Å². The summed E-state index contributed by atoms with van der Waals surface area (Å²) in [5.41, 5.74) is 5.91. The zero-order valence-corrected chi connectivity index (χ0v) is 19.4. The molecular formula is C29H17N7O. The fraction of sp³-hybridized carbons (Fsp3) is 0. The van der Waals surface area contributed by atoms with Crippen LogP contribution in [-0.4, -0.2) is 34.9 Å². The van der Waals surface area contributed by atoms with Gasteiger partial charge in [-0.25, -0.2) is 29.9 Å². The summed E-state index contributed by atoms with van der Waals surface area (Å²) < 4.78 is 6.06. The summed E-state index contributed by atoms with van der Waals surface area (Å²) in [5, 5.41) is 0.901. The Hall–Kier alpha value is -5.37. The summed E-state index contributed by atoms with van der Waals surface area (Å²) in [6, 6.07) is 25.5. The van der Waals surface area contributed by atoms with Crippen molar-refractivity contribution in [1.82, 2.24) is 34.9 Å². The van der Waals surface area contributed by atoms with E-state index in [9.17, 15) is 0 Å². The third-order valence-electron chi connectivity index (χ3n) is 6.02. The van der Waals surface area contributed by atoms with Crippen LogP contribution >= 0.6 is 0 Å². The van der Waals surface area contributed by atoms with Gasteiger partial charge in [-0.15, -0.1) is 0 Å². The van der Waals surface area contributed by atoms with E-state index >= 15 is 0 Å². The van der Waals surface area contributed by atoms with Crippen LogP contribution in [0.5, 0.6) is 0 Å². The summed E-state index contributed by atoms with van der Waals surface area (Å²) in [7, 11) is 0. The first kappa shape index (κ1) is 21.0. The number of rotatable bonds is 4. The van der Waals surface area contributed by atoms with E-state index in [-0.39, 0.29) is 0 Å². The molecule has 174 valence electrons. The zero-order valence-electron chi connectivity index (χ0n) is 19.4. The molecule has 0 aliphatic rings. The van der Waals surface area contributed by atoms with Crippen molar-refractivity contribution in [3.63, 3.8) is 0 Å². The van der Waals surface area contributed by atoms with Crippen molar-refractivity contribution < 1.29 is 4.42 Å². The molecule has 0 fully saturated rings. The van der Waals surface area contributed by atoms with Gasteiger partial charge in [-0.05, 0) is 12.1 Å². The number of para-hydroxylation sites is 1. The van der Waals surface area contributed by atoms with Crippen molar-refractivity contribution in [2.75, 3.05) is 0 Å². The van der Waals surface area contributed by atoms with Gasteiger partial charge in [-0.1, -0.05) is 66.7 Å². The molecule has 8 nitrogen and oxygen atoms in total. The second kappa shape index (κ2) is 8.69. The molecule has 7 aromatic rings. The highest BCUT2D eigenvalue weighted by atomic mass is 16.3. The second-order valence-electron chi connectivity index (χ2n) is 8.35. The van der Waals surface area contributed by atoms with Crippen molar-refractivity contribution in [3.8, 4) is 45.6 Å². The van der Waals surface area contributed by atoms with Crippen molar-refractivity contribution in [3.05, 3.63) is 104 Å². The Morgan fingerprint density at radius 1 is 0.541 bits per heavy atom. The van der Waals surface area contributed by atoms with E-state index in [1.165, 1.54) is 6.33 Å². The lowest BCUT2D eigenvalue weighted by Crippen LogP contribution is -2.01. The lowest BCUT2D eigenvalue weighted by molar-refractivity contribution is 0.666. The van der Waals surface area contributed by atoms with Gasteiger partial charge in [0, 0.05) is 22.1 Å². The zero-order chi connectivity index (χ0) is 24.6. The van der Waals surface area contributed by atoms with Gasteiger partial charge in [0.2, 0.25) is 0 Å². The predicted molar refractivity (Wildman–Crippen MR) is 140 cm³/mol. The minimum Gasteiger partial charge on any atom is -0.452 e. The standard InChI is InChI=1S/C29H17N7O/c1-3-8-18(9-4-1)27-34-28(19-10-5-2-6-11-19)36-29(35-27)23-15-31-22(14-32-23)20-12-7-13-21-25-24(37-26(20)21)16-30-17-33-25/h1-17H. The maximum Gasteiger partial charge on any atom is 0.184 e. The third kappa shape index (κ3) is 3.77. The van der Waals surface area contributed by atoms with Crippen molar-refractivity contribution in [1.29, 1.82) is 0 Å². The van der Waals surface area contributed by atoms with E-state index in [4.69, 9.17) is 24.4 Å². The first-order valence-electron chi connectivity index (χ1n) is 11.6. The van der Waals surface area contributed by atoms with Crippen LogP contribution in [-0.2, 0) is 0 Å². The molecule has 4 aromatic heterocycles. The molecule has 4 heterocycles. The molecule has 0 aliphatic carbocycles. The number of fused-ring (bicyclic) bond motifs is 3.